The Labute approximate surface area is 195 Å². The number of hydrogen-bond acceptors (Lipinski definition) is 6. The van der Waals surface area contributed by atoms with Gasteiger partial charge in [-0.3, -0.25) is 4.99 Å². The van der Waals surface area contributed by atoms with Crippen molar-refractivity contribution >= 4 is 35.6 Å². The van der Waals surface area contributed by atoms with Crippen LogP contribution in [0.2, 0.25) is 0 Å². The summed E-state index contributed by atoms with van der Waals surface area (Å²) in [4.78, 5) is 6.69. The van der Waals surface area contributed by atoms with Gasteiger partial charge < -0.3 is 29.5 Å². The van der Waals surface area contributed by atoms with Crippen LogP contribution in [0.25, 0.3) is 0 Å². The van der Waals surface area contributed by atoms with Gasteiger partial charge in [-0.15, -0.1) is 24.0 Å². The van der Waals surface area contributed by atoms with E-state index >= 15 is 0 Å². The van der Waals surface area contributed by atoms with Crippen molar-refractivity contribution in [1.29, 1.82) is 0 Å². The molecule has 2 aromatic rings. The minimum absolute atomic E-state index is 0. The lowest BCUT2D eigenvalue weighted by molar-refractivity contribution is 0.374. The predicted molar refractivity (Wildman–Crippen MR) is 129 cm³/mol. The van der Waals surface area contributed by atoms with Crippen molar-refractivity contribution in [1.82, 2.24) is 15.8 Å². The Bertz CT molecular complexity index is 796. The summed E-state index contributed by atoms with van der Waals surface area (Å²) in [6, 6.07) is 8.34. The maximum absolute atomic E-state index is 5.39. The van der Waals surface area contributed by atoms with Crippen LogP contribution >= 0.6 is 24.0 Å². The highest BCUT2D eigenvalue weighted by atomic mass is 127. The van der Waals surface area contributed by atoms with Gasteiger partial charge in [0.25, 0.3) is 0 Å². The molecule has 3 rings (SSSR count). The van der Waals surface area contributed by atoms with Crippen molar-refractivity contribution in [2.45, 2.75) is 38.8 Å². The lowest BCUT2D eigenvalue weighted by Crippen LogP contribution is -2.48. The van der Waals surface area contributed by atoms with Crippen LogP contribution in [0.1, 0.15) is 31.2 Å². The van der Waals surface area contributed by atoms with E-state index in [0.717, 1.165) is 67.0 Å². The third-order valence-corrected chi connectivity index (χ3v) is 5.16. The van der Waals surface area contributed by atoms with Gasteiger partial charge in [0.1, 0.15) is 11.5 Å². The fourth-order valence-corrected chi connectivity index (χ4v) is 3.42. The number of aryl methyl sites for hydroxylation is 1. The molecule has 2 heterocycles. The van der Waals surface area contributed by atoms with Gasteiger partial charge in [0, 0.05) is 56.1 Å². The average Bonchev–Trinajstić information content (AvgIpc) is 3.24. The second-order valence-corrected chi connectivity index (χ2v) is 7.04. The average molecular weight is 529 g/mol. The van der Waals surface area contributed by atoms with E-state index in [4.69, 9.17) is 14.0 Å². The smallest absolute Gasteiger partial charge is 0.191 e. The monoisotopic (exact) mass is 529 g/mol. The summed E-state index contributed by atoms with van der Waals surface area (Å²) in [5.74, 6) is 3.21. The number of halogens is 1. The molecule has 1 aromatic heterocycles. The highest BCUT2D eigenvalue weighted by molar-refractivity contribution is 14.0. The number of ether oxygens (including phenoxy) is 2. The molecule has 0 unspecified atom stereocenters. The molecule has 1 saturated heterocycles. The van der Waals surface area contributed by atoms with Crippen molar-refractivity contribution in [2.75, 3.05) is 39.3 Å². The number of methoxy groups -OCH3 is 2. The largest absolute Gasteiger partial charge is 0.497 e. The van der Waals surface area contributed by atoms with Crippen LogP contribution in [0.3, 0.4) is 0 Å². The predicted octanol–water partition coefficient (Wildman–Crippen LogP) is 3.21. The first-order chi connectivity index (χ1) is 14.1. The van der Waals surface area contributed by atoms with Crippen LogP contribution in [0.4, 0.5) is 5.69 Å². The van der Waals surface area contributed by atoms with Gasteiger partial charge in [-0.2, -0.15) is 0 Å². The highest BCUT2D eigenvalue weighted by Crippen LogP contribution is 2.30. The third-order valence-electron chi connectivity index (χ3n) is 5.16. The van der Waals surface area contributed by atoms with Crippen molar-refractivity contribution in [3.05, 3.63) is 35.7 Å². The van der Waals surface area contributed by atoms with Crippen LogP contribution in [0.5, 0.6) is 11.5 Å². The number of piperidine rings is 1. The Kier molecular flexibility index (Phi) is 9.54. The number of hydrogen-bond donors (Lipinski definition) is 2. The molecule has 0 radical (unpaired) electrons. The number of anilines is 1. The number of aliphatic imine (C=N–C) groups is 1. The molecule has 1 aliphatic heterocycles. The van der Waals surface area contributed by atoms with Crippen LogP contribution in [-0.4, -0.2) is 51.5 Å². The normalized spacial score (nSPS) is 14.8. The van der Waals surface area contributed by atoms with Crippen molar-refractivity contribution < 1.29 is 14.0 Å². The van der Waals surface area contributed by atoms with Gasteiger partial charge in [0.2, 0.25) is 0 Å². The number of aromatic nitrogens is 1. The molecular formula is C21H32IN5O3. The fourth-order valence-electron chi connectivity index (χ4n) is 3.42. The fraction of sp³-hybridized carbons (Fsp3) is 0.524. The zero-order valence-electron chi connectivity index (χ0n) is 18.1. The molecule has 2 N–H and O–H groups in total. The second-order valence-electron chi connectivity index (χ2n) is 7.04. The number of guanidine groups is 1. The SMILES string of the molecule is CCc1cc(CNC(=NC)NC2CCN(c3cc(OC)cc(OC)c3)CC2)on1.I. The van der Waals surface area contributed by atoms with E-state index < -0.39 is 0 Å². The first-order valence-electron chi connectivity index (χ1n) is 10.0. The number of benzene rings is 1. The van der Waals surface area contributed by atoms with Crippen LogP contribution in [-0.2, 0) is 13.0 Å². The lowest BCUT2D eigenvalue weighted by atomic mass is 10.0. The molecule has 166 valence electrons. The quantitative estimate of drug-likeness (QED) is 0.324. The molecule has 8 nitrogen and oxygen atoms in total. The van der Waals surface area contributed by atoms with E-state index in [1.807, 2.05) is 12.1 Å². The molecule has 1 aromatic carbocycles. The molecule has 30 heavy (non-hydrogen) atoms. The molecule has 0 atom stereocenters. The Morgan fingerprint density at radius 1 is 1.17 bits per heavy atom. The summed E-state index contributed by atoms with van der Waals surface area (Å²) in [5, 5.41) is 10.8. The summed E-state index contributed by atoms with van der Waals surface area (Å²) in [7, 11) is 5.13. The van der Waals surface area contributed by atoms with Crippen molar-refractivity contribution in [2.24, 2.45) is 4.99 Å². The minimum Gasteiger partial charge on any atom is -0.497 e. The van der Waals surface area contributed by atoms with Crippen LogP contribution < -0.4 is 25.0 Å². The number of nitrogens with zero attached hydrogens (tertiary/aromatic N) is 3. The van der Waals surface area contributed by atoms with Gasteiger partial charge in [-0.1, -0.05) is 12.1 Å². The van der Waals surface area contributed by atoms with Gasteiger partial charge in [-0.25, -0.2) is 0 Å². The van der Waals surface area contributed by atoms with Crippen molar-refractivity contribution in [3.8, 4) is 11.5 Å². The van der Waals surface area contributed by atoms with Gasteiger partial charge in [0.15, 0.2) is 11.7 Å². The molecule has 1 aliphatic rings. The zero-order valence-corrected chi connectivity index (χ0v) is 20.4. The van der Waals surface area contributed by atoms with E-state index in [0.29, 0.717) is 12.6 Å². The molecule has 0 aliphatic carbocycles. The van der Waals surface area contributed by atoms with Crippen LogP contribution in [0.15, 0.2) is 33.8 Å². The third kappa shape index (κ3) is 6.41. The van der Waals surface area contributed by atoms with E-state index in [1.165, 1.54) is 0 Å². The Morgan fingerprint density at radius 2 is 1.83 bits per heavy atom. The molecule has 0 amide bonds. The maximum atomic E-state index is 5.39. The first-order valence-corrected chi connectivity index (χ1v) is 10.0. The second kappa shape index (κ2) is 11.9. The molecule has 1 fully saturated rings. The van der Waals surface area contributed by atoms with E-state index in [9.17, 15) is 0 Å². The molecule has 0 spiro atoms. The summed E-state index contributed by atoms with van der Waals surface area (Å²) < 4.78 is 16.1. The van der Waals surface area contributed by atoms with E-state index in [1.54, 1.807) is 21.3 Å². The van der Waals surface area contributed by atoms with Gasteiger partial charge in [0.05, 0.1) is 26.5 Å². The number of rotatable bonds is 7. The summed E-state index contributed by atoms with van der Waals surface area (Å²) >= 11 is 0. The Hall–Kier alpha value is -2.17. The summed E-state index contributed by atoms with van der Waals surface area (Å²) in [5.41, 5.74) is 2.09. The topological polar surface area (TPSA) is 84.2 Å². The first kappa shape index (κ1) is 24.1. The molecule has 0 saturated carbocycles. The Balaban J connectivity index is 0.00000320. The maximum Gasteiger partial charge on any atom is 0.191 e. The molecular weight excluding hydrogens is 497 g/mol. The summed E-state index contributed by atoms with van der Waals surface area (Å²) in [6.45, 7) is 4.53. The van der Waals surface area contributed by atoms with Gasteiger partial charge >= 0.3 is 0 Å². The number of nitrogens with one attached hydrogen (secondary N) is 2. The van der Waals surface area contributed by atoms with Crippen LogP contribution in [0, 0.1) is 0 Å². The van der Waals surface area contributed by atoms with Gasteiger partial charge in [-0.05, 0) is 19.3 Å². The van der Waals surface area contributed by atoms with Crippen molar-refractivity contribution in [3.63, 3.8) is 0 Å². The Morgan fingerprint density at radius 3 is 2.37 bits per heavy atom. The lowest BCUT2D eigenvalue weighted by Gasteiger charge is -2.34. The molecule has 0 bridgehead atoms. The molecule has 9 heteroatoms. The summed E-state index contributed by atoms with van der Waals surface area (Å²) in [6.07, 6.45) is 2.90. The minimum atomic E-state index is 0. The van der Waals surface area contributed by atoms with E-state index in [-0.39, 0.29) is 24.0 Å². The highest BCUT2D eigenvalue weighted by Gasteiger charge is 2.21. The standard InChI is InChI=1S/C21H31N5O3.HI/c1-5-15-10-20(29-25-15)14-23-21(22-2)24-16-6-8-26(9-7-16)17-11-18(27-3)13-19(12-17)28-4;/h10-13,16H,5-9,14H2,1-4H3,(H2,22,23,24);1H. The zero-order chi connectivity index (χ0) is 20.6. The van der Waals surface area contributed by atoms with E-state index in [2.05, 4.69) is 44.7 Å².